The molecule has 1 aromatic carbocycles. The molecule has 0 aliphatic carbocycles. The van der Waals surface area contributed by atoms with E-state index >= 15 is 0 Å². The SMILES string of the molecule is O=C(O)CCCNC(=O)CCn1ccc2ccc(F)cc21. The Labute approximate surface area is 121 Å². The highest BCUT2D eigenvalue weighted by molar-refractivity contribution is 5.80. The van der Waals surface area contributed by atoms with Gasteiger partial charge in [-0.1, -0.05) is 0 Å². The van der Waals surface area contributed by atoms with Gasteiger partial charge in [0.2, 0.25) is 5.91 Å². The summed E-state index contributed by atoms with van der Waals surface area (Å²) in [5.74, 6) is -1.32. The molecule has 0 saturated heterocycles. The van der Waals surface area contributed by atoms with Crippen LogP contribution < -0.4 is 5.32 Å². The number of hydrogen-bond acceptors (Lipinski definition) is 2. The number of carboxylic acids is 1. The second-order valence-corrected chi connectivity index (χ2v) is 4.81. The summed E-state index contributed by atoms with van der Waals surface area (Å²) in [6, 6.07) is 6.43. The summed E-state index contributed by atoms with van der Waals surface area (Å²) in [5.41, 5.74) is 0.758. The Kier molecular flexibility index (Phi) is 4.92. The average Bonchev–Trinajstić information content (AvgIpc) is 2.83. The molecule has 0 aliphatic heterocycles. The van der Waals surface area contributed by atoms with Crippen molar-refractivity contribution in [2.24, 2.45) is 0 Å². The number of carbonyl (C=O) groups is 2. The third-order valence-corrected chi connectivity index (χ3v) is 3.21. The number of carbonyl (C=O) groups excluding carboxylic acids is 1. The zero-order chi connectivity index (χ0) is 15.2. The minimum Gasteiger partial charge on any atom is -0.481 e. The van der Waals surface area contributed by atoms with Gasteiger partial charge in [-0.15, -0.1) is 0 Å². The zero-order valence-electron chi connectivity index (χ0n) is 11.5. The Bertz CT molecular complexity index is 651. The van der Waals surface area contributed by atoms with Crippen molar-refractivity contribution in [2.45, 2.75) is 25.8 Å². The summed E-state index contributed by atoms with van der Waals surface area (Å²) in [6.07, 6.45) is 2.55. The topological polar surface area (TPSA) is 71.3 Å². The van der Waals surface area contributed by atoms with E-state index in [2.05, 4.69) is 5.32 Å². The Morgan fingerprint density at radius 1 is 1.24 bits per heavy atom. The van der Waals surface area contributed by atoms with Crippen LogP contribution >= 0.6 is 0 Å². The fraction of sp³-hybridized carbons (Fsp3) is 0.333. The van der Waals surface area contributed by atoms with Crippen molar-refractivity contribution in [1.82, 2.24) is 9.88 Å². The minimum atomic E-state index is -0.870. The first-order chi connectivity index (χ1) is 10.1. The van der Waals surface area contributed by atoms with Gasteiger partial charge in [-0.25, -0.2) is 4.39 Å². The third kappa shape index (κ3) is 4.30. The van der Waals surface area contributed by atoms with Crippen molar-refractivity contribution in [3.63, 3.8) is 0 Å². The monoisotopic (exact) mass is 292 g/mol. The van der Waals surface area contributed by atoms with Gasteiger partial charge in [0.05, 0.1) is 5.52 Å². The zero-order valence-corrected chi connectivity index (χ0v) is 11.5. The van der Waals surface area contributed by atoms with Gasteiger partial charge in [0.15, 0.2) is 0 Å². The largest absolute Gasteiger partial charge is 0.481 e. The van der Waals surface area contributed by atoms with Crippen molar-refractivity contribution in [3.8, 4) is 0 Å². The van der Waals surface area contributed by atoms with Crippen LogP contribution in [-0.2, 0) is 16.1 Å². The molecule has 2 aromatic rings. The predicted molar refractivity (Wildman–Crippen MR) is 76.4 cm³/mol. The molecule has 6 heteroatoms. The molecule has 0 bridgehead atoms. The van der Waals surface area contributed by atoms with Crippen molar-refractivity contribution >= 4 is 22.8 Å². The smallest absolute Gasteiger partial charge is 0.303 e. The molecule has 2 N–H and O–H groups in total. The quantitative estimate of drug-likeness (QED) is 0.768. The van der Waals surface area contributed by atoms with E-state index in [0.29, 0.717) is 19.5 Å². The number of fused-ring (bicyclic) bond motifs is 1. The molecular formula is C15H17FN2O3. The van der Waals surface area contributed by atoms with Crippen molar-refractivity contribution in [1.29, 1.82) is 0 Å². The van der Waals surface area contributed by atoms with Gasteiger partial charge in [0, 0.05) is 32.1 Å². The summed E-state index contributed by atoms with van der Waals surface area (Å²) < 4.78 is 15.1. The van der Waals surface area contributed by atoms with Crippen LogP contribution in [0, 0.1) is 5.82 Å². The van der Waals surface area contributed by atoms with Crippen LogP contribution in [0.25, 0.3) is 10.9 Å². The van der Waals surface area contributed by atoms with Gasteiger partial charge in [-0.05, 0) is 36.1 Å². The fourth-order valence-corrected chi connectivity index (χ4v) is 2.13. The van der Waals surface area contributed by atoms with Crippen LogP contribution in [0.3, 0.4) is 0 Å². The number of rotatable bonds is 7. The maximum Gasteiger partial charge on any atom is 0.303 e. The number of nitrogens with zero attached hydrogens (tertiary/aromatic N) is 1. The molecule has 0 spiro atoms. The first kappa shape index (κ1) is 15.0. The van der Waals surface area contributed by atoms with Gasteiger partial charge in [0.25, 0.3) is 0 Å². The molecule has 0 fully saturated rings. The van der Waals surface area contributed by atoms with E-state index < -0.39 is 5.97 Å². The van der Waals surface area contributed by atoms with Crippen LogP contribution in [0.2, 0.25) is 0 Å². The van der Waals surface area contributed by atoms with Gasteiger partial charge >= 0.3 is 5.97 Å². The number of aliphatic carboxylic acids is 1. The summed E-state index contributed by atoms with van der Waals surface area (Å²) >= 11 is 0. The molecule has 5 nitrogen and oxygen atoms in total. The average molecular weight is 292 g/mol. The molecule has 21 heavy (non-hydrogen) atoms. The van der Waals surface area contributed by atoms with E-state index in [-0.39, 0.29) is 24.6 Å². The maximum absolute atomic E-state index is 13.2. The number of halogens is 1. The van der Waals surface area contributed by atoms with Crippen molar-refractivity contribution in [3.05, 3.63) is 36.3 Å². The molecule has 1 amide bonds. The number of aromatic nitrogens is 1. The van der Waals surface area contributed by atoms with Crippen LogP contribution in [0.1, 0.15) is 19.3 Å². The van der Waals surface area contributed by atoms with E-state index in [9.17, 15) is 14.0 Å². The highest BCUT2D eigenvalue weighted by atomic mass is 19.1. The molecule has 112 valence electrons. The highest BCUT2D eigenvalue weighted by Crippen LogP contribution is 2.17. The summed E-state index contributed by atoms with van der Waals surface area (Å²) in [6.45, 7) is 0.809. The van der Waals surface area contributed by atoms with Crippen molar-refractivity contribution < 1.29 is 19.1 Å². The summed E-state index contributed by atoms with van der Waals surface area (Å²) in [5, 5.41) is 12.1. The predicted octanol–water partition coefficient (Wildman–Crippen LogP) is 2.15. The molecule has 1 heterocycles. The second kappa shape index (κ2) is 6.88. The number of nitrogens with one attached hydrogen (secondary N) is 1. The number of hydrogen-bond donors (Lipinski definition) is 2. The highest BCUT2D eigenvalue weighted by Gasteiger charge is 2.06. The molecule has 0 aliphatic rings. The van der Waals surface area contributed by atoms with E-state index in [1.54, 1.807) is 6.07 Å². The second-order valence-electron chi connectivity index (χ2n) is 4.81. The van der Waals surface area contributed by atoms with Gasteiger partial charge < -0.3 is 15.0 Å². The Morgan fingerprint density at radius 2 is 2.05 bits per heavy atom. The minimum absolute atomic E-state index is 0.0434. The molecule has 0 unspecified atom stereocenters. The lowest BCUT2D eigenvalue weighted by molar-refractivity contribution is -0.137. The molecule has 0 radical (unpaired) electrons. The Morgan fingerprint density at radius 3 is 2.81 bits per heavy atom. The Hall–Kier alpha value is -2.37. The molecular weight excluding hydrogens is 275 g/mol. The van der Waals surface area contributed by atoms with Crippen molar-refractivity contribution in [2.75, 3.05) is 6.54 Å². The molecule has 0 saturated carbocycles. The van der Waals surface area contributed by atoms with Crippen LogP contribution in [-0.4, -0.2) is 28.1 Å². The van der Waals surface area contributed by atoms with Crippen LogP contribution in [0.4, 0.5) is 4.39 Å². The normalized spacial score (nSPS) is 10.7. The van der Waals surface area contributed by atoms with E-state index in [4.69, 9.17) is 5.11 Å². The van der Waals surface area contributed by atoms with Crippen LogP contribution in [0.5, 0.6) is 0 Å². The van der Waals surface area contributed by atoms with E-state index in [1.165, 1.54) is 12.1 Å². The Balaban J connectivity index is 1.83. The van der Waals surface area contributed by atoms with Crippen LogP contribution in [0.15, 0.2) is 30.5 Å². The van der Waals surface area contributed by atoms with Gasteiger partial charge in [0.1, 0.15) is 5.82 Å². The molecule has 0 atom stereocenters. The maximum atomic E-state index is 13.2. The summed E-state index contributed by atoms with van der Waals surface area (Å²) in [4.78, 5) is 22.0. The third-order valence-electron chi connectivity index (χ3n) is 3.21. The lowest BCUT2D eigenvalue weighted by atomic mass is 10.2. The molecule has 2 rings (SSSR count). The number of amides is 1. The fourth-order valence-electron chi connectivity index (χ4n) is 2.13. The lowest BCUT2D eigenvalue weighted by Gasteiger charge is -2.07. The first-order valence-electron chi connectivity index (χ1n) is 6.79. The lowest BCUT2D eigenvalue weighted by Crippen LogP contribution is -2.25. The molecule has 1 aromatic heterocycles. The number of carboxylic acid groups (broad SMARTS) is 1. The number of aryl methyl sites for hydroxylation is 1. The van der Waals surface area contributed by atoms with Gasteiger partial charge in [-0.3, -0.25) is 9.59 Å². The number of benzene rings is 1. The van der Waals surface area contributed by atoms with E-state index in [0.717, 1.165) is 10.9 Å². The van der Waals surface area contributed by atoms with Gasteiger partial charge in [-0.2, -0.15) is 0 Å². The van der Waals surface area contributed by atoms with E-state index in [1.807, 2.05) is 16.8 Å². The standard InChI is InChI=1S/C15H17FN2O3/c16-12-4-3-11-5-8-18(13(11)10-12)9-6-14(19)17-7-1-2-15(20)21/h3-5,8,10H,1-2,6-7,9H2,(H,17,19)(H,20,21). The summed E-state index contributed by atoms with van der Waals surface area (Å²) in [7, 11) is 0. The first-order valence-corrected chi connectivity index (χ1v) is 6.79.